The Hall–Kier alpha value is -3.36. The number of ether oxygens (including phenoxy) is 2. The third kappa shape index (κ3) is 4.04. The Morgan fingerprint density at radius 1 is 1.11 bits per heavy atom. The largest absolute Gasteiger partial charge is 0.491 e. The first-order valence-corrected chi connectivity index (χ1v) is 12.5. The number of carbonyl (C=O) groups excluding carboxylic acids is 2. The Kier molecular flexibility index (Phi) is 6.49. The van der Waals surface area contributed by atoms with Crippen LogP contribution in [0.15, 0.2) is 48.5 Å². The first-order chi connectivity index (χ1) is 17.3. The molecule has 1 fully saturated rings. The summed E-state index contributed by atoms with van der Waals surface area (Å²) in [6.45, 7) is 4.10. The standard InChI is InChI=1S/C28H34N4O4/c1-28-18-22-21-17-20(36-16-15-35-4)11-12-23(21)29-24(22)25(19-9-6-5-7-10-19)32(28)27(34)31(26(28)33)14-8-13-30(2)3/h5-7,9-12,17,25,29H,8,13-16,18H2,1-4H3. The number of carbonyl (C=O) groups is 2. The molecule has 0 bridgehead atoms. The fourth-order valence-electron chi connectivity index (χ4n) is 5.55. The zero-order valence-corrected chi connectivity index (χ0v) is 21.4. The Balaban J connectivity index is 1.59. The molecule has 0 radical (unpaired) electrons. The number of fused-ring (bicyclic) bond motifs is 4. The van der Waals surface area contributed by atoms with Gasteiger partial charge in [0.25, 0.3) is 5.91 Å². The molecule has 3 heterocycles. The van der Waals surface area contributed by atoms with Gasteiger partial charge >= 0.3 is 6.03 Å². The van der Waals surface area contributed by atoms with Crippen LogP contribution in [0.3, 0.4) is 0 Å². The maximum atomic E-state index is 13.8. The number of urea groups is 1. The SMILES string of the molecule is COCCOc1ccc2[nH]c3c(c2c1)CC1(C)C(=O)N(CCCN(C)C)C(=O)N1C3c1ccccc1. The molecular weight excluding hydrogens is 456 g/mol. The van der Waals surface area contributed by atoms with E-state index in [1.165, 1.54) is 4.90 Å². The summed E-state index contributed by atoms with van der Waals surface area (Å²) in [6, 6.07) is 15.3. The molecule has 190 valence electrons. The predicted molar refractivity (Wildman–Crippen MR) is 138 cm³/mol. The monoisotopic (exact) mass is 490 g/mol. The average molecular weight is 491 g/mol. The molecule has 1 saturated heterocycles. The number of nitrogens with one attached hydrogen (secondary N) is 1. The maximum Gasteiger partial charge on any atom is 0.328 e. The van der Waals surface area contributed by atoms with Crippen LogP contribution in [0, 0.1) is 0 Å². The molecule has 36 heavy (non-hydrogen) atoms. The van der Waals surface area contributed by atoms with Crippen molar-refractivity contribution in [3.05, 3.63) is 65.4 Å². The van der Waals surface area contributed by atoms with Crippen molar-refractivity contribution in [3.8, 4) is 5.75 Å². The molecule has 1 aromatic heterocycles. The van der Waals surface area contributed by atoms with Crippen molar-refractivity contribution in [1.29, 1.82) is 0 Å². The van der Waals surface area contributed by atoms with E-state index in [0.29, 0.717) is 26.2 Å². The molecule has 2 aliphatic rings. The molecule has 5 rings (SSSR count). The molecule has 2 unspecified atom stereocenters. The molecular formula is C28H34N4O4. The lowest BCUT2D eigenvalue weighted by atomic mass is 9.81. The number of benzene rings is 2. The zero-order valence-electron chi connectivity index (χ0n) is 21.4. The summed E-state index contributed by atoms with van der Waals surface area (Å²) >= 11 is 0. The molecule has 2 aromatic carbocycles. The lowest BCUT2D eigenvalue weighted by molar-refractivity contribution is -0.133. The molecule has 0 aliphatic carbocycles. The van der Waals surface area contributed by atoms with E-state index in [2.05, 4.69) is 9.88 Å². The van der Waals surface area contributed by atoms with Crippen LogP contribution in [0.5, 0.6) is 5.75 Å². The van der Waals surface area contributed by atoms with E-state index in [1.807, 2.05) is 69.6 Å². The van der Waals surface area contributed by atoms with Crippen LogP contribution in [0.25, 0.3) is 10.9 Å². The van der Waals surface area contributed by atoms with Gasteiger partial charge in [0.05, 0.1) is 6.61 Å². The van der Waals surface area contributed by atoms with Gasteiger partial charge in [0.1, 0.15) is 23.9 Å². The summed E-state index contributed by atoms with van der Waals surface area (Å²) in [5, 5.41) is 1.02. The van der Waals surface area contributed by atoms with Crippen LogP contribution in [0.1, 0.15) is 36.2 Å². The van der Waals surface area contributed by atoms with Crippen molar-refractivity contribution in [2.75, 3.05) is 47.5 Å². The topological polar surface area (TPSA) is 78.1 Å². The number of methoxy groups -OCH3 is 1. The molecule has 8 nitrogen and oxygen atoms in total. The van der Waals surface area contributed by atoms with Gasteiger partial charge in [-0.25, -0.2) is 4.79 Å². The smallest absolute Gasteiger partial charge is 0.328 e. The van der Waals surface area contributed by atoms with E-state index in [-0.39, 0.29) is 18.0 Å². The third-order valence-electron chi connectivity index (χ3n) is 7.30. The van der Waals surface area contributed by atoms with Crippen LogP contribution in [-0.4, -0.2) is 84.7 Å². The second-order valence-corrected chi connectivity index (χ2v) is 10.1. The molecule has 2 aliphatic heterocycles. The Labute approximate surface area is 211 Å². The van der Waals surface area contributed by atoms with Crippen molar-refractivity contribution in [2.45, 2.75) is 31.3 Å². The van der Waals surface area contributed by atoms with Gasteiger partial charge in [-0.3, -0.25) is 14.6 Å². The lowest BCUT2D eigenvalue weighted by Gasteiger charge is -2.42. The predicted octanol–water partition coefficient (Wildman–Crippen LogP) is 3.81. The van der Waals surface area contributed by atoms with E-state index >= 15 is 0 Å². The second-order valence-electron chi connectivity index (χ2n) is 10.1. The molecule has 8 heteroatoms. The second kappa shape index (κ2) is 9.59. The van der Waals surface area contributed by atoms with E-state index in [0.717, 1.165) is 46.4 Å². The van der Waals surface area contributed by atoms with Crippen molar-refractivity contribution < 1.29 is 19.1 Å². The molecule has 3 amide bonds. The highest BCUT2D eigenvalue weighted by molar-refractivity contribution is 6.08. The van der Waals surface area contributed by atoms with E-state index in [4.69, 9.17) is 9.47 Å². The Morgan fingerprint density at radius 2 is 1.89 bits per heavy atom. The van der Waals surface area contributed by atoms with Crippen LogP contribution in [-0.2, 0) is 16.0 Å². The highest BCUT2D eigenvalue weighted by Gasteiger charge is 2.59. The molecule has 1 N–H and O–H groups in total. The zero-order chi connectivity index (χ0) is 25.4. The fourth-order valence-corrected chi connectivity index (χ4v) is 5.55. The highest BCUT2D eigenvalue weighted by Crippen LogP contribution is 2.49. The number of amides is 3. The first-order valence-electron chi connectivity index (χ1n) is 12.5. The average Bonchev–Trinajstić information content (AvgIpc) is 3.30. The number of H-pyrrole nitrogens is 1. The Bertz CT molecular complexity index is 1270. The van der Waals surface area contributed by atoms with Crippen LogP contribution in [0.2, 0.25) is 0 Å². The van der Waals surface area contributed by atoms with E-state index in [1.54, 1.807) is 12.0 Å². The molecule has 0 saturated carbocycles. The normalized spacial score (nSPS) is 21.4. The molecule has 0 spiro atoms. The minimum Gasteiger partial charge on any atom is -0.491 e. The number of aromatic nitrogens is 1. The number of hydrogen-bond donors (Lipinski definition) is 1. The lowest BCUT2D eigenvalue weighted by Crippen LogP contribution is -2.53. The van der Waals surface area contributed by atoms with Crippen molar-refractivity contribution >= 4 is 22.8 Å². The summed E-state index contributed by atoms with van der Waals surface area (Å²) in [7, 11) is 5.64. The van der Waals surface area contributed by atoms with Crippen LogP contribution >= 0.6 is 0 Å². The molecule has 3 aromatic rings. The fraction of sp³-hybridized carbons (Fsp3) is 0.429. The van der Waals surface area contributed by atoms with Gasteiger partial charge in [0.15, 0.2) is 0 Å². The van der Waals surface area contributed by atoms with Gasteiger partial charge in [0.2, 0.25) is 0 Å². The first kappa shape index (κ1) is 24.3. The number of nitrogens with zero attached hydrogens (tertiary/aromatic N) is 3. The van der Waals surface area contributed by atoms with Crippen molar-refractivity contribution in [1.82, 2.24) is 19.7 Å². The third-order valence-corrected chi connectivity index (χ3v) is 7.30. The quantitative estimate of drug-likeness (QED) is 0.365. The van der Waals surface area contributed by atoms with Gasteiger partial charge in [0, 0.05) is 36.7 Å². The number of hydrogen-bond acceptors (Lipinski definition) is 5. The summed E-state index contributed by atoms with van der Waals surface area (Å²) in [4.78, 5) is 36.6. The summed E-state index contributed by atoms with van der Waals surface area (Å²) in [5.74, 6) is 0.629. The molecule has 2 atom stereocenters. The number of aromatic amines is 1. The van der Waals surface area contributed by atoms with Gasteiger partial charge in [-0.15, -0.1) is 0 Å². The van der Waals surface area contributed by atoms with E-state index in [9.17, 15) is 9.59 Å². The minimum absolute atomic E-state index is 0.125. The van der Waals surface area contributed by atoms with Crippen molar-refractivity contribution in [3.63, 3.8) is 0 Å². The minimum atomic E-state index is -0.968. The summed E-state index contributed by atoms with van der Waals surface area (Å²) in [6.07, 6.45) is 1.18. The Morgan fingerprint density at radius 3 is 2.61 bits per heavy atom. The van der Waals surface area contributed by atoms with Crippen LogP contribution in [0.4, 0.5) is 4.79 Å². The van der Waals surface area contributed by atoms with Crippen molar-refractivity contribution in [2.24, 2.45) is 0 Å². The number of imide groups is 1. The van der Waals surface area contributed by atoms with Gasteiger partial charge < -0.3 is 19.4 Å². The van der Waals surface area contributed by atoms with Gasteiger partial charge in [-0.2, -0.15) is 0 Å². The van der Waals surface area contributed by atoms with Gasteiger partial charge in [-0.05, 0) is 63.3 Å². The summed E-state index contributed by atoms with van der Waals surface area (Å²) < 4.78 is 11.0. The highest BCUT2D eigenvalue weighted by atomic mass is 16.5. The van der Waals surface area contributed by atoms with Gasteiger partial charge in [-0.1, -0.05) is 30.3 Å². The maximum absolute atomic E-state index is 13.8. The van der Waals surface area contributed by atoms with Crippen LogP contribution < -0.4 is 4.74 Å². The number of rotatable bonds is 9. The summed E-state index contributed by atoms with van der Waals surface area (Å²) in [5.41, 5.74) is 2.99. The van der Waals surface area contributed by atoms with E-state index < -0.39 is 5.54 Å².